The third-order valence-corrected chi connectivity index (χ3v) is 16.1. The molecule has 2 heteroatoms. The van der Waals surface area contributed by atoms with Crippen LogP contribution in [0, 0.1) is 0 Å². The lowest BCUT2D eigenvalue weighted by atomic mass is 9.99. The lowest BCUT2D eigenvalue weighted by molar-refractivity contribution is 1.29. The average molecular weight is 704 g/mol. The average Bonchev–Trinajstić information content (AvgIpc) is 3.56. The van der Waals surface area contributed by atoms with Gasteiger partial charge in [0, 0.05) is 16.9 Å². The van der Waals surface area contributed by atoms with Crippen molar-refractivity contribution in [3.63, 3.8) is 0 Å². The van der Waals surface area contributed by atoms with Crippen molar-refractivity contribution in [2.75, 3.05) is 4.90 Å². The standard InChI is InChI=1S/C52H37NSi/c1-4-16-38(17-5-1)39-30-32-40(33-31-39)41-34-36-44(37-35-41)53(43-20-6-2-7-21-43)48-26-15-29-51-52(48)47-25-12-13-27-50(47)54(51,45-22-8-3-9-23-45)49-28-14-19-42-18-10-11-24-46(42)49/h1-37H. The van der Waals surface area contributed by atoms with Gasteiger partial charge in [0.1, 0.15) is 0 Å². The summed E-state index contributed by atoms with van der Waals surface area (Å²) in [5.74, 6) is 0. The number of nitrogens with zero attached hydrogens (tertiary/aromatic N) is 1. The van der Waals surface area contributed by atoms with E-state index >= 15 is 0 Å². The molecule has 1 aliphatic rings. The summed E-state index contributed by atoms with van der Waals surface area (Å²) in [4.78, 5) is 2.45. The molecule has 0 radical (unpaired) electrons. The zero-order valence-electron chi connectivity index (χ0n) is 29.8. The Morgan fingerprint density at radius 2 is 0.796 bits per heavy atom. The first-order valence-electron chi connectivity index (χ1n) is 18.7. The summed E-state index contributed by atoms with van der Waals surface area (Å²) >= 11 is 0. The predicted octanol–water partition coefficient (Wildman–Crippen LogP) is 11.0. The van der Waals surface area contributed by atoms with Crippen molar-refractivity contribution in [3.8, 4) is 33.4 Å². The van der Waals surface area contributed by atoms with Gasteiger partial charge in [-0.05, 0) is 89.7 Å². The van der Waals surface area contributed by atoms with Crippen LogP contribution < -0.4 is 25.6 Å². The molecule has 1 unspecified atom stereocenters. The van der Waals surface area contributed by atoms with Crippen molar-refractivity contribution in [2.45, 2.75) is 0 Å². The Kier molecular flexibility index (Phi) is 7.90. The second-order valence-corrected chi connectivity index (χ2v) is 17.7. The first-order valence-corrected chi connectivity index (χ1v) is 20.7. The molecule has 10 rings (SSSR count). The Bertz CT molecular complexity index is 2740. The highest BCUT2D eigenvalue weighted by Gasteiger charge is 2.50. The fourth-order valence-electron chi connectivity index (χ4n) is 8.79. The van der Waals surface area contributed by atoms with Crippen molar-refractivity contribution < 1.29 is 0 Å². The maximum absolute atomic E-state index is 2.78. The Labute approximate surface area is 318 Å². The molecule has 9 aromatic carbocycles. The van der Waals surface area contributed by atoms with Crippen LogP contribution in [0.5, 0.6) is 0 Å². The van der Waals surface area contributed by atoms with Gasteiger partial charge in [-0.15, -0.1) is 0 Å². The second kappa shape index (κ2) is 13.3. The molecule has 0 spiro atoms. The van der Waals surface area contributed by atoms with Crippen molar-refractivity contribution in [3.05, 3.63) is 224 Å². The number of hydrogen-bond acceptors (Lipinski definition) is 1. The van der Waals surface area contributed by atoms with Crippen LogP contribution in [0.25, 0.3) is 44.2 Å². The lowest BCUT2D eigenvalue weighted by Gasteiger charge is -2.33. The molecule has 0 bridgehead atoms. The molecule has 254 valence electrons. The van der Waals surface area contributed by atoms with E-state index in [1.54, 1.807) is 0 Å². The van der Waals surface area contributed by atoms with Gasteiger partial charge in [0.25, 0.3) is 0 Å². The molecular formula is C52H37NSi. The van der Waals surface area contributed by atoms with Crippen LogP contribution >= 0.6 is 0 Å². The van der Waals surface area contributed by atoms with Gasteiger partial charge in [-0.25, -0.2) is 0 Å². The van der Waals surface area contributed by atoms with Crippen molar-refractivity contribution in [1.29, 1.82) is 0 Å². The topological polar surface area (TPSA) is 3.24 Å². The number of benzene rings is 9. The molecule has 0 aromatic heterocycles. The summed E-state index contributed by atoms with van der Waals surface area (Å²) in [7, 11) is -2.78. The molecule has 0 aliphatic carbocycles. The summed E-state index contributed by atoms with van der Waals surface area (Å²) in [5, 5.41) is 8.32. The molecule has 1 heterocycles. The maximum atomic E-state index is 2.45. The van der Waals surface area contributed by atoms with Gasteiger partial charge in [-0.2, -0.15) is 0 Å². The van der Waals surface area contributed by atoms with Crippen molar-refractivity contribution in [2.24, 2.45) is 0 Å². The van der Waals surface area contributed by atoms with Gasteiger partial charge in [0.15, 0.2) is 8.07 Å². The van der Waals surface area contributed by atoms with E-state index in [9.17, 15) is 0 Å². The van der Waals surface area contributed by atoms with Crippen LogP contribution in [0.2, 0.25) is 0 Å². The van der Waals surface area contributed by atoms with E-state index in [0.29, 0.717) is 0 Å². The Morgan fingerprint density at radius 1 is 0.315 bits per heavy atom. The fraction of sp³-hybridized carbons (Fsp3) is 0. The molecule has 0 fully saturated rings. The monoisotopic (exact) mass is 703 g/mol. The third-order valence-electron chi connectivity index (χ3n) is 11.2. The summed E-state index contributed by atoms with van der Waals surface area (Å²) < 4.78 is 0. The largest absolute Gasteiger partial charge is 0.310 e. The first kappa shape index (κ1) is 31.9. The zero-order valence-corrected chi connectivity index (χ0v) is 30.8. The molecule has 0 saturated heterocycles. The number of para-hydroxylation sites is 1. The van der Waals surface area contributed by atoms with E-state index in [0.717, 1.165) is 11.4 Å². The molecule has 0 amide bonds. The smallest absolute Gasteiger partial charge is 0.181 e. The molecule has 1 nitrogen and oxygen atoms in total. The summed E-state index contributed by atoms with van der Waals surface area (Å²) in [6.07, 6.45) is 0. The van der Waals surface area contributed by atoms with E-state index in [-0.39, 0.29) is 0 Å². The quantitative estimate of drug-likeness (QED) is 0.149. The molecule has 1 atom stereocenters. The highest BCUT2D eigenvalue weighted by atomic mass is 28.3. The number of rotatable bonds is 7. The van der Waals surface area contributed by atoms with Crippen LogP contribution in [0.3, 0.4) is 0 Å². The van der Waals surface area contributed by atoms with Crippen molar-refractivity contribution >= 4 is 56.7 Å². The molecule has 9 aromatic rings. The maximum Gasteiger partial charge on any atom is 0.181 e. The van der Waals surface area contributed by atoms with Gasteiger partial charge < -0.3 is 4.90 Å². The summed E-state index contributed by atoms with van der Waals surface area (Å²) in [5.41, 5.74) is 10.9. The molecule has 0 N–H and O–H groups in total. The highest BCUT2D eigenvalue weighted by molar-refractivity contribution is 7.23. The summed E-state index contributed by atoms with van der Waals surface area (Å²) in [6, 6.07) is 82.8. The van der Waals surface area contributed by atoms with Gasteiger partial charge in [-0.3, -0.25) is 0 Å². The zero-order chi connectivity index (χ0) is 35.9. The molecule has 1 aliphatic heterocycles. The predicted molar refractivity (Wildman–Crippen MR) is 232 cm³/mol. The van der Waals surface area contributed by atoms with E-state index in [2.05, 4.69) is 229 Å². The highest BCUT2D eigenvalue weighted by Crippen LogP contribution is 2.43. The second-order valence-electron chi connectivity index (χ2n) is 14.0. The normalized spacial score (nSPS) is 14.4. The minimum Gasteiger partial charge on any atom is -0.310 e. The van der Waals surface area contributed by atoms with Crippen LogP contribution in [-0.2, 0) is 0 Å². The summed E-state index contributed by atoms with van der Waals surface area (Å²) in [6.45, 7) is 0. The van der Waals surface area contributed by atoms with E-state index < -0.39 is 8.07 Å². The van der Waals surface area contributed by atoms with Crippen molar-refractivity contribution in [1.82, 2.24) is 0 Å². The van der Waals surface area contributed by atoms with Gasteiger partial charge in [-0.1, -0.05) is 194 Å². The van der Waals surface area contributed by atoms with Crippen LogP contribution in [0.15, 0.2) is 224 Å². The molecular weight excluding hydrogens is 667 g/mol. The Hall–Kier alpha value is -6.74. The first-order chi connectivity index (χ1) is 26.8. The van der Waals surface area contributed by atoms with E-state index in [1.807, 2.05) is 0 Å². The van der Waals surface area contributed by atoms with Crippen LogP contribution in [0.1, 0.15) is 0 Å². The van der Waals surface area contributed by atoms with Crippen LogP contribution in [0.4, 0.5) is 17.1 Å². The SMILES string of the molecule is c1ccc(-c2ccc(-c3ccc(N(c4ccccc4)c4cccc5c4-c4ccccc4[Si]5(c4ccccc4)c4cccc5ccccc45)cc3)cc2)cc1. The number of anilines is 3. The number of fused-ring (bicyclic) bond motifs is 4. The van der Waals surface area contributed by atoms with Gasteiger partial charge >= 0.3 is 0 Å². The fourth-order valence-corrected chi connectivity index (χ4v) is 14.2. The Morgan fingerprint density at radius 3 is 1.52 bits per heavy atom. The molecule has 0 saturated carbocycles. The number of hydrogen-bond donors (Lipinski definition) is 0. The molecule has 54 heavy (non-hydrogen) atoms. The van der Waals surface area contributed by atoms with Crippen LogP contribution in [-0.4, -0.2) is 8.07 Å². The third kappa shape index (κ3) is 5.15. The minimum atomic E-state index is -2.78. The van der Waals surface area contributed by atoms with Gasteiger partial charge in [0.2, 0.25) is 0 Å². The van der Waals surface area contributed by atoms with E-state index in [1.165, 1.54) is 70.6 Å². The van der Waals surface area contributed by atoms with E-state index in [4.69, 9.17) is 0 Å². The Balaban J connectivity index is 1.17. The van der Waals surface area contributed by atoms with Gasteiger partial charge in [0.05, 0.1) is 5.69 Å². The minimum absolute atomic E-state index is 1.13. The lowest BCUT2D eigenvalue weighted by Crippen LogP contribution is -2.73.